The Kier molecular flexibility index (Phi) is 5.10. The summed E-state index contributed by atoms with van der Waals surface area (Å²) in [4.78, 5) is 35.4. The van der Waals surface area contributed by atoms with Gasteiger partial charge in [-0.05, 0) is 31.2 Å². The normalized spacial score (nSPS) is 14.7. The van der Waals surface area contributed by atoms with Crippen molar-refractivity contribution in [3.63, 3.8) is 0 Å². The highest BCUT2D eigenvalue weighted by Gasteiger charge is 2.31. The molecule has 4 aromatic rings. The van der Waals surface area contributed by atoms with E-state index in [1.165, 1.54) is 21.5 Å². The molecule has 0 aliphatic carbocycles. The van der Waals surface area contributed by atoms with Crippen LogP contribution >= 0.6 is 0 Å². The average molecular weight is 472 g/mol. The third-order valence-electron chi connectivity index (χ3n) is 5.80. The van der Waals surface area contributed by atoms with Gasteiger partial charge < -0.3 is 9.80 Å². The lowest BCUT2D eigenvalue weighted by atomic mass is 10.2. The van der Waals surface area contributed by atoms with Gasteiger partial charge in [0.05, 0.1) is 23.0 Å². The zero-order valence-corrected chi connectivity index (χ0v) is 18.0. The minimum absolute atomic E-state index is 0.184. The van der Waals surface area contributed by atoms with Crippen LogP contribution in [0.4, 0.5) is 19.0 Å². The van der Waals surface area contributed by atoms with Crippen molar-refractivity contribution >= 4 is 17.2 Å². The molecule has 0 saturated carbocycles. The molecule has 0 unspecified atom stereocenters. The van der Waals surface area contributed by atoms with Crippen molar-refractivity contribution in [1.29, 1.82) is 0 Å². The summed E-state index contributed by atoms with van der Waals surface area (Å²) in [5.41, 5.74) is 0.156. The second kappa shape index (κ2) is 8.01. The van der Waals surface area contributed by atoms with Crippen LogP contribution < -0.4 is 10.5 Å². The molecule has 1 N–H and O–H groups in total. The van der Waals surface area contributed by atoms with E-state index in [4.69, 9.17) is 0 Å². The van der Waals surface area contributed by atoms with Crippen molar-refractivity contribution in [3.8, 4) is 5.95 Å². The lowest BCUT2D eigenvalue weighted by molar-refractivity contribution is -0.137. The summed E-state index contributed by atoms with van der Waals surface area (Å²) in [5.74, 6) is 0.385. The van der Waals surface area contributed by atoms with Gasteiger partial charge in [0.15, 0.2) is 0 Å². The van der Waals surface area contributed by atoms with Gasteiger partial charge in [0.1, 0.15) is 11.3 Å². The number of halogens is 3. The van der Waals surface area contributed by atoms with Crippen LogP contribution in [0.5, 0.6) is 0 Å². The number of pyridine rings is 1. The smallest absolute Gasteiger partial charge is 0.353 e. The van der Waals surface area contributed by atoms with Crippen molar-refractivity contribution in [2.45, 2.75) is 13.1 Å². The van der Waals surface area contributed by atoms with Gasteiger partial charge in [0.2, 0.25) is 5.95 Å². The third kappa shape index (κ3) is 3.78. The number of alkyl halides is 3. The molecule has 176 valence electrons. The predicted octanol–water partition coefficient (Wildman–Crippen LogP) is 1.89. The van der Waals surface area contributed by atoms with E-state index < -0.39 is 11.7 Å². The number of carbonyl (C=O) groups is 1. The van der Waals surface area contributed by atoms with E-state index in [2.05, 4.69) is 20.2 Å². The van der Waals surface area contributed by atoms with Crippen LogP contribution in [0.1, 0.15) is 21.6 Å². The molecule has 1 aliphatic heterocycles. The summed E-state index contributed by atoms with van der Waals surface area (Å²) < 4.78 is 41.1. The fourth-order valence-corrected chi connectivity index (χ4v) is 3.91. The first-order valence-corrected chi connectivity index (χ1v) is 10.4. The maximum atomic E-state index is 13.1. The number of H-pyrrole nitrogens is 1. The largest absolute Gasteiger partial charge is 0.417 e. The number of hydrogen-bond acceptors (Lipinski definition) is 6. The SMILES string of the molecule is Cc1c(C(=O)N2CCN(c3ccc(C(F)(F)F)cn3)CC2)cnn1-c1nn2cccc2c(=O)[nH]1. The fraction of sp³-hybridized carbons (Fsp3) is 0.286. The standard InChI is InChI=1S/C21H19F3N8O2/c1-13-15(12-26-32(13)20-27-18(33)16-3-2-6-31(16)28-20)19(34)30-9-7-29(8-10-30)17-5-4-14(11-25-17)21(22,23)24/h2-6,11-12H,7-10H2,1H3,(H,27,28,33). The summed E-state index contributed by atoms with van der Waals surface area (Å²) in [6.45, 7) is 3.31. The molecule has 0 aromatic carbocycles. The van der Waals surface area contributed by atoms with Gasteiger partial charge >= 0.3 is 6.18 Å². The van der Waals surface area contributed by atoms with Crippen LogP contribution in [0.2, 0.25) is 0 Å². The third-order valence-corrected chi connectivity index (χ3v) is 5.80. The fourth-order valence-electron chi connectivity index (χ4n) is 3.91. The second-order valence-corrected chi connectivity index (χ2v) is 7.85. The van der Waals surface area contributed by atoms with E-state index >= 15 is 0 Å². The minimum Gasteiger partial charge on any atom is -0.353 e. The van der Waals surface area contributed by atoms with Crippen LogP contribution in [-0.2, 0) is 6.18 Å². The zero-order valence-electron chi connectivity index (χ0n) is 18.0. The number of hydrogen-bond donors (Lipinski definition) is 1. The number of piperazine rings is 1. The Bertz CT molecular complexity index is 1410. The van der Waals surface area contributed by atoms with E-state index in [-0.39, 0.29) is 17.4 Å². The molecule has 0 spiro atoms. The van der Waals surface area contributed by atoms with E-state index in [0.29, 0.717) is 48.8 Å². The monoisotopic (exact) mass is 472 g/mol. The first-order valence-electron chi connectivity index (χ1n) is 10.4. The van der Waals surface area contributed by atoms with E-state index in [1.807, 2.05) is 4.90 Å². The molecular formula is C21H19F3N8O2. The summed E-state index contributed by atoms with van der Waals surface area (Å²) in [6.07, 6.45) is -0.547. The van der Waals surface area contributed by atoms with Crippen LogP contribution in [0.15, 0.2) is 47.7 Å². The van der Waals surface area contributed by atoms with Crippen LogP contribution in [0, 0.1) is 6.92 Å². The first-order chi connectivity index (χ1) is 16.2. The molecule has 1 saturated heterocycles. The zero-order chi connectivity index (χ0) is 24.0. The topological polar surface area (TPSA) is 104 Å². The predicted molar refractivity (Wildman–Crippen MR) is 115 cm³/mol. The number of rotatable bonds is 3. The quantitative estimate of drug-likeness (QED) is 0.489. The Labute approximate surface area is 190 Å². The lowest BCUT2D eigenvalue weighted by Crippen LogP contribution is -2.49. The number of amides is 1. The first kappa shape index (κ1) is 21.7. The van der Waals surface area contributed by atoms with Gasteiger partial charge in [0.25, 0.3) is 11.5 Å². The Balaban J connectivity index is 1.30. The summed E-state index contributed by atoms with van der Waals surface area (Å²) in [5, 5.41) is 8.57. The van der Waals surface area contributed by atoms with Gasteiger partial charge in [-0.25, -0.2) is 14.2 Å². The molecular weight excluding hydrogens is 453 g/mol. The van der Waals surface area contributed by atoms with Crippen molar-refractivity contribution in [2.24, 2.45) is 0 Å². The maximum Gasteiger partial charge on any atom is 0.417 e. The molecule has 5 heterocycles. The van der Waals surface area contributed by atoms with Crippen LogP contribution in [0.3, 0.4) is 0 Å². The molecule has 0 atom stereocenters. The van der Waals surface area contributed by atoms with Crippen molar-refractivity contribution in [3.05, 3.63) is 70.0 Å². The van der Waals surface area contributed by atoms with Crippen molar-refractivity contribution in [2.75, 3.05) is 31.1 Å². The molecule has 4 aromatic heterocycles. The Morgan fingerprint density at radius 1 is 1.09 bits per heavy atom. The van der Waals surface area contributed by atoms with Crippen LogP contribution in [-0.4, -0.2) is 66.3 Å². The highest BCUT2D eigenvalue weighted by Crippen LogP contribution is 2.29. The molecule has 1 aliphatic rings. The van der Waals surface area contributed by atoms with Crippen molar-refractivity contribution in [1.82, 2.24) is 34.3 Å². The van der Waals surface area contributed by atoms with Crippen molar-refractivity contribution < 1.29 is 18.0 Å². The van der Waals surface area contributed by atoms with Gasteiger partial charge in [-0.2, -0.15) is 18.3 Å². The van der Waals surface area contributed by atoms with E-state index in [9.17, 15) is 22.8 Å². The van der Waals surface area contributed by atoms with E-state index in [1.54, 1.807) is 30.2 Å². The molecule has 34 heavy (non-hydrogen) atoms. The highest BCUT2D eigenvalue weighted by atomic mass is 19.4. The molecule has 1 fully saturated rings. The number of aromatic amines is 1. The van der Waals surface area contributed by atoms with Gasteiger partial charge in [-0.3, -0.25) is 14.6 Å². The summed E-state index contributed by atoms with van der Waals surface area (Å²) in [6, 6.07) is 5.68. The summed E-state index contributed by atoms with van der Waals surface area (Å²) >= 11 is 0. The Hall–Kier alpha value is -4.16. The molecule has 13 heteroatoms. The number of nitrogens with one attached hydrogen (secondary N) is 1. The lowest BCUT2D eigenvalue weighted by Gasteiger charge is -2.35. The highest BCUT2D eigenvalue weighted by molar-refractivity contribution is 5.95. The molecule has 10 nitrogen and oxygen atoms in total. The number of nitrogens with zero attached hydrogens (tertiary/aromatic N) is 7. The molecule has 1 amide bonds. The number of aromatic nitrogens is 6. The average Bonchev–Trinajstić information content (AvgIpc) is 3.45. The van der Waals surface area contributed by atoms with Gasteiger partial charge in [-0.1, -0.05) is 0 Å². The second-order valence-electron chi connectivity index (χ2n) is 7.85. The molecule has 0 radical (unpaired) electrons. The molecule has 5 rings (SSSR count). The maximum absolute atomic E-state index is 13.1. The summed E-state index contributed by atoms with van der Waals surface area (Å²) in [7, 11) is 0. The minimum atomic E-state index is -4.44. The van der Waals surface area contributed by atoms with E-state index in [0.717, 1.165) is 12.3 Å². The Morgan fingerprint density at radius 3 is 2.53 bits per heavy atom. The number of anilines is 1. The Morgan fingerprint density at radius 2 is 1.85 bits per heavy atom. The van der Waals surface area contributed by atoms with Gasteiger partial charge in [-0.15, -0.1) is 5.10 Å². The number of fused-ring (bicyclic) bond motifs is 1. The van der Waals surface area contributed by atoms with Gasteiger partial charge in [0, 0.05) is 38.6 Å². The van der Waals surface area contributed by atoms with Crippen LogP contribution in [0.25, 0.3) is 11.5 Å². The molecule has 0 bridgehead atoms. The number of carbonyl (C=O) groups excluding carboxylic acids is 1.